The van der Waals surface area contributed by atoms with Gasteiger partial charge in [0.1, 0.15) is 11.6 Å². The number of carboxylic acid groups (broad SMARTS) is 1. The lowest BCUT2D eigenvalue weighted by molar-refractivity contribution is -0.152. The van der Waals surface area contributed by atoms with E-state index in [2.05, 4.69) is 15.3 Å². The SMILES string of the molecule is Cc1cc(Nc2ncc(C)s2)nc(C2CCN(C(=O)[C@H]3CCCC[C@H]3C(=O)O)CC2)n1. The van der Waals surface area contributed by atoms with Gasteiger partial charge in [-0.2, -0.15) is 0 Å². The van der Waals surface area contributed by atoms with Crippen molar-refractivity contribution in [3.8, 4) is 0 Å². The molecule has 2 aromatic heterocycles. The first-order valence-electron chi connectivity index (χ1n) is 11.0. The van der Waals surface area contributed by atoms with Crippen LogP contribution in [-0.4, -0.2) is 49.9 Å². The number of anilines is 2. The van der Waals surface area contributed by atoms with Gasteiger partial charge in [-0.15, -0.1) is 11.3 Å². The van der Waals surface area contributed by atoms with Crippen molar-refractivity contribution in [3.05, 3.63) is 28.7 Å². The summed E-state index contributed by atoms with van der Waals surface area (Å²) in [6, 6.07) is 1.91. The second kappa shape index (κ2) is 9.30. The summed E-state index contributed by atoms with van der Waals surface area (Å²) in [5.41, 5.74) is 0.894. The smallest absolute Gasteiger partial charge is 0.307 e. The number of aromatic nitrogens is 3. The number of amides is 1. The van der Waals surface area contributed by atoms with Crippen LogP contribution >= 0.6 is 11.3 Å². The molecule has 3 heterocycles. The molecule has 0 unspecified atom stereocenters. The Morgan fingerprint density at radius 3 is 2.45 bits per heavy atom. The van der Waals surface area contributed by atoms with Crippen LogP contribution in [0.2, 0.25) is 0 Å². The molecule has 1 amide bonds. The van der Waals surface area contributed by atoms with Gasteiger partial charge in [-0.3, -0.25) is 9.59 Å². The van der Waals surface area contributed by atoms with Crippen molar-refractivity contribution in [1.82, 2.24) is 19.9 Å². The first-order valence-corrected chi connectivity index (χ1v) is 11.8. The Kier molecular flexibility index (Phi) is 6.50. The van der Waals surface area contributed by atoms with Crippen molar-refractivity contribution >= 4 is 34.2 Å². The third kappa shape index (κ3) is 5.03. The normalized spacial score (nSPS) is 22.3. The van der Waals surface area contributed by atoms with E-state index >= 15 is 0 Å². The highest BCUT2D eigenvalue weighted by molar-refractivity contribution is 7.15. The Morgan fingerprint density at radius 1 is 1.10 bits per heavy atom. The van der Waals surface area contributed by atoms with Crippen LogP contribution in [0.1, 0.15) is 60.8 Å². The second-order valence-corrected chi connectivity index (χ2v) is 9.82. The highest BCUT2D eigenvalue weighted by Crippen LogP contribution is 2.34. The Balaban J connectivity index is 1.40. The molecule has 9 heteroatoms. The molecular formula is C22H29N5O3S. The lowest BCUT2D eigenvalue weighted by Crippen LogP contribution is -2.45. The van der Waals surface area contributed by atoms with Crippen LogP contribution in [0.15, 0.2) is 12.3 Å². The summed E-state index contributed by atoms with van der Waals surface area (Å²) in [7, 11) is 0. The van der Waals surface area contributed by atoms with Gasteiger partial charge in [-0.25, -0.2) is 15.0 Å². The summed E-state index contributed by atoms with van der Waals surface area (Å²) >= 11 is 1.58. The van der Waals surface area contributed by atoms with E-state index in [9.17, 15) is 14.7 Å². The quantitative estimate of drug-likeness (QED) is 0.721. The number of rotatable bonds is 5. The van der Waals surface area contributed by atoms with Crippen molar-refractivity contribution < 1.29 is 14.7 Å². The number of nitrogens with one attached hydrogen (secondary N) is 1. The van der Waals surface area contributed by atoms with Crippen LogP contribution in [0, 0.1) is 25.7 Å². The van der Waals surface area contributed by atoms with Crippen molar-refractivity contribution in [2.24, 2.45) is 11.8 Å². The maximum Gasteiger partial charge on any atom is 0.307 e. The zero-order valence-electron chi connectivity index (χ0n) is 18.0. The van der Waals surface area contributed by atoms with Gasteiger partial charge < -0.3 is 15.3 Å². The third-order valence-electron chi connectivity index (χ3n) is 6.30. The Bertz CT molecular complexity index is 954. The van der Waals surface area contributed by atoms with E-state index in [0.29, 0.717) is 25.9 Å². The lowest BCUT2D eigenvalue weighted by atomic mass is 9.78. The molecule has 166 valence electrons. The molecule has 1 aliphatic carbocycles. The van der Waals surface area contributed by atoms with Crippen LogP contribution in [0.25, 0.3) is 0 Å². The lowest BCUT2D eigenvalue weighted by Gasteiger charge is -2.36. The molecule has 1 saturated carbocycles. The molecule has 2 atom stereocenters. The summed E-state index contributed by atoms with van der Waals surface area (Å²) in [4.78, 5) is 41.3. The maximum atomic E-state index is 13.0. The van der Waals surface area contributed by atoms with E-state index in [1.165, 1.54) is 0 Å². The summed E-state index contributed by atoms with van der Waals surface area (Å²) in [5.74, 6) is -0.0264. The van der Waals surface area contributed by atoms with Crippen molar-refractivity contribution in [2.75, 3.05) is 18.4 Å². The van der Waals surface area contributed by atoms with Gasteiger partial charge in [-0.1, -0.05) is 12.8 Å². The number of hydrogen-bond donors (Lipinski definition) is 2. The molecular weight excluding hydrogens is 414 g/mol. The monoisotopic (exact) mass is 443 g/mol. The van der Waals surface area contributed by atoms with Crippen molar-refractivity contribution in [3.63, 3.8) is 0 Å². The highest BCUT2D eigenvalue weighted by Gasteiger charge is 2.39. The standard InChI is InChI=1S/C22H29N5O3S/c1-13-11-18(26-22-23-12-14(2)31-22)25-19(24-13)15-7-9-27(10-8-15)20(28)16-5-3-4-6-17(16)21(29)30/h11-12,15-17H,3-10H2,1-2H3,(H,29,30)(H,23,24,25,26)/t16-,17+/m0/s1. The Labute approximate surface area is 186 Å². The van der Waals surface area contributed by atoms with Gasteiger partial charge in [0.2, 0.25) is 5.91 Å². The average molecular weight is 444 g/mol. The van der Waals surface area contributed by atoms with Crippen molar-refractivity contribution in [1.29, 1.82) is 0 Å². The number of thiazole rings is 1. The third-order valence-corrected chi connectivity index (χ3v) is 7.13. The molecule has 8 nitrogen and oxygen atoms in total. The number of piperidine rings is 1. The summed E-state index contributed by atoms with van der Waals surface area (Å²) in [6.07, 6.45) is 6.52. The maximum absolute atomic E-state index is 13.0. The first kappa shape index (κ1) is 21.7. The summed E-state index contributed by atoms with van der Waals surface area (Å²) < 4.78 is 0. The second-order valence-electron chi connectivity index (χ2n) is 8.59. The molecule has 0 bridgehead atoms. The molecule has 4 rings (SSSR count). The molecule has 0 aromatic carbocycles. The minimum atomic E-state index is -0.837. The number of hydrogen-bond acceptors (Lipinski definition) is 7. The molecule has 2 fully saturated rings. The molecule has 2 aliphatic rings. The minimum absolute atomic E-state index is 0.0113. The highest BCUT2D eigenvalue weighted by atomic mass is 32.1. The van der Waals surface area contributed by atoms with Crippen LogP contribution < -0.4 is 5.32 Å². The zero-order valence-corrected chi connectivity index (χ0v) is 18.8. The molecule has 1 saturated heterocycles. The number of likely N-dealkylation sites (tertiary alicyclic amines) is 1. The molecule has 1 aliphatic heterocycles. The van der Waals surface area contributed by atoms with E-state index in [1.54, 1.807) is 11.3 Å². The Hall–Kier alpha value is -2.55. The van der Waals surface area contributed by atoms with Crippen LogP contribution in [0.5, 0.6) is 0 Å². The molecule has 2 aromatic rings. The predicted octanol–water partition coefficient (Wildman–Crippen LogP) is 3.89. The fraction of sp³-hybridized carbons (Fsp3) is 0.591. The molecule has 31 heavy (non-hydrogen) atoms. The molecule has 2 N–H and O–H groups in total. The van der Waals surface area contributed by atoms with Crippen LogP contribution in [-0.2, 0) is 9.59 Å². The van der Waals surface area contributed by atoms with E-state index in [1.807, 2.05) is 31.0 Å². The first-order chi connectivity index (χ1) is 14.9. The number of carbonyl (C=O) groups is 2. The largest absolute Gasteiger partial charge is 0.481 e. The molecule has 0 spiro atoms. The van der Waals surface area contributed by atoms with Gasteiger partial charge in [0.05, 0.1) is 11.8 Å². The summed E-state index contributed by atoms with van der Waals surface area (Å²) in [5, 5.41) is 13.6. The fourth-order valence-electron chi connectivity index (χ4n) is 4.67. The van der Waals surface area contributed by atoms with Gasteiger partial charge >= 0.3 is 5.97 Å². The van der Waals surface area contributed by atoms with Gasteiger partial charge in [0, 0.05) is 41.8 Å². The Morgan fingerprint density at radius 2 is 1.81 bits per heavy atom. The van der Waals surface area contributed by atoms with Crippen molar-refractivity contribution in [2.45, 2.75) is 58.3 Å². The van der Waals surface area contributed by atoms with Gasteiger partial charge in [0.15, 0.2) is 5.13 Å². The predicted molar refractivity (Wildman–Crippen MR) is 119 cm³/mol. The summed E-state index contributed by atoms with van der Waals surface area (Å²) in [6.45, 7) is 5.22. The van der Waals surface area contributed by atoms with Crippen LogP contribution in [0.3, 0.4) is 0 Å². The number of carbonyl (C=O) groups excluding carboxylic acids is 1. The average Bonchev–Trinajstić information content (AvgIpc) is 3.17. The van der Waals surface area contributed by atoms with Crippen LogP contribution in [0.4, 0.5) is 10.9 Å². The fourth-order valence-corrected chi connectivity index (χ4v) is 5.35. The van der Waals surface area contributed by atoms with E-state index < -0.39 is 11.9 Å². The number of nitrogens with zero attached hydrogens (tertiary/aromatic N) is 4. The molecule has 0 radical (unpaired) electrons. The topological polar surface area (TPSA) is 108 Å². The van der Waals surface area contributed by atoms with Gasteiger partial charge in [-0.05, 0) is 39.5 Å². The minimum Gasteiger partial charge on any atom is -0.481 e. The van der Waals surface area contributed by atoms with E-state index in [-0.39, 0.29) is 17.7 Å². The zero-order chi connectivity index (χ0) is 22.0. The van der Waals surface area contributed by atoms with E-state index in [4.69, 9.17) is 4.98 Å². The van der Waals surface area contributed by atoms with E-state index in [0.717, 1.165) is 53.0 Å². The number of carboxylic acids is 1. The number of aryl methyl sites for hydroxylation is 2. The van der Waals surface area contributed by atoms with Gasteiger partial charge in [0.25, 0.3) is 0 Å². The number of aliphatic carboxylic acids is 1.